The molecule has 0 spiro atoms. The van der Waals surface area contributed by atoms with Crippen molar-refractivity contribution in [1.29, 1.82) is 0 Å². The van der Waals surface area contributed by atoms with Crippen molar-refractivity contribution >= 4 is 28.6 Å². The number of nitrogens with two attached hydrogens (primary N) is 1. The van der Waals surface area contributed by atoms with E-state index in [2.05, 4.69) is 34.4 Å². The number of benzene rings is 3. The fourth-order valence-corrected chi connectivity index (χ4v) is 5.74. The summed E-state index contributed by atoms with van der Waals surface area (Å²) in [5, 5.41) is 18.1. The molecule has 5 atom stereocenters. The van der Waals surface area contributed by atoms with Gasteiger partial charge in [0.15, 0.2) is 5.78 Å². The van der Waals surface area contributed by atoms with Crippen molar-refractivity contribution in [3.05, 3.63) is 102 Å². The number of fused-ring (bicyclic) bond motifs is 1. The molecule has 1 aromatic heterocycles. The van der Waals surface area contributed by atoms with Crippen LogP contribution in [0.2, 0.25) is 0 Å². The lowest BCUT2D eigenvalue weighted by Gasteiger charge is -2.27. The molecule has 0 aliphatic rings. The SMILES string of the molecule is CC(C)CCC(O)CCC(C)C(N)C(=O)[C@H](Cc1cnc[nH]1)NC(=O)[C@H](Cc1cccc2ccccc12)NC(=O)OCc1ccccc1. The molecule has 0 bridgehead atoms. The Hall–Kier alpha value is -4.54. The highest BCUT2D eigenvalue weighted by atomic mass is 16.5. The summed E-state index contributed by atoms with van der Waals surface area (Å²) in [6.45, 7) is 6.16. The van der Waals surface area contributed by atoms with Crippen LogP contribution in [0, 0.1) is 11.8 Å². The molecule has 0 radical (unpaired) electrons. The van der Waals surface area contributed by atoms with Gasteiger partial charge in [-0.3, -0.25) is 9.59 Å². The Bertz CT molecular complexity index is 1590. The molecule has 48 heavy (non-hydrogen) atoms. The molecule has 3 aromatic carbocycles. The van der Waals surface area contributed by atoms with Crippen molar-refractivity contribution in [3.8, 4) is 0 Å². The predicted molar refractivity (Wildman–Crippen MR) is 187 cm³/mol. The monoisotopic (exact) mass is 655 g/mol. The number of amides is 2. The topological polar surface area (TPSA) is 159 Å². The molecular formula is C38H49N5O5. The van der Waals surface area contributed by atoms with E-state index in [4.69, 9.17) is 10.5 Å². The zero-order valence-electron chi connectivity index (χ0n) is 28.1. The van der Waals surface area contributed by atoms with Crippen molar-refractivity contribution < 1.29 is 24.2 Å². The van der Waals surface area contributed by atoms with E-state index in [1.807, 2.05) is 79.7 Å². The van der Waals surface area contributed by atoms with Crippen LogP contribution in [0.1, 0.15) is 63.3 Å². The van der Waals surface area contributed by atoms with Gasteiger partial charge in [0.05, 0.1) is 24.5 Å². The van der Waals surface area contributed by atoms with Crippen LogP contribution in [0.4, 0.5) is 4.79 Å². The molecule has 0 aliphatic heterocycles. The van der Waals surface area contributed by atoms with Gasteiger partial charge in [0.2, 0.25) is 5.91 Å². The van der Waals surface area contributed by atoms with Gasteiger partial charge in [-0.05, 0) is 59.4 Å². The Morgan fingerprint density at radius 2 is 1.56 bits per heavy atom. The average Bonchev–Trinajstić information content (AvgIpc) is 3.61. The molecule has 0 saturated carbocycles. The molecule has 6 N–H and O–H groups in total. The molecule has 256 valence electrons. The van der Waals surface area contributed by atoms with Gasteiger partial charge in [-0.25, -0.2) is 9.78 Å². The number of alkyl carbamates (subject to hydrolysis) is 1. The van der Waals surface area contributed by atoms with Crippen LogP contribution in [0.5, 0.6) is 0 Å². The largest absolute Gasteiger partial charge is 0.445 e. The minimum atomic E-state index is -1.05. The second kappa shape index (κ2) is 18.1. The summed E-state index contributed by atoms with van der Waals surface area (Å²) in [5.74, 6) is -0.610. The van der Waals surface area contributed by atoms with E-state index in [1.165, 1.54) is 6.33 Å². The second-order valence-electron chi connectivity index (χ2n) is 13.1. The normalized spacial score (nSPS) is 14.5. The number of rotatable bonds is 18. The summed E-state index contributed by atoms with van der Waals surface area (Å²) in [4.78, 5) is 48.0. The minimum absolute atomic E-state index is 0.0368. The van der Waals surface area contributed by atoms with E-state index >= 15 is 0 Å². The first-order chi connectivity index (χ1) is 23.1. The number of nitrogens with zero attached hydrogens (tertiary/aromatic N) is 1. The van der Waals surface area contributed by atoms with E-state index in [0.717, 1.165) is 28.3 Å². The fourth-order valence-electron chi connectivity index (χ4n) is 5.74. The summed E-state index contributed by atoms with van der Waals surface area (Å²) in [6, 6.07) is 20.0. The summed E-state index contributed by atoms with van der Waals surface area (Å²) in [7, 11) is 0. The number of aliphatic hydroxyl groups is 1. The van der Waals surface area contributed by atoms with E-state index in [-0.39, 0.29) is 31.1 Å². The number of ketones is 1. The lowest BCUT2D eigenvalue weighted by Crippen LogP contribution is -2.56. The highest BCUT2D eigenvalue weighted by Crippen LogP contribution is 2.21. The molecule has 10 heteroatoms. The van der Waals surface area contributed by atoms with Gasteiger partial charge in [-0.1, -0.05) is 93.6 Å². The number of hydrogen-bond donors (Lipinski definition) is 5. The summed E-state index contributed by atoms with van der Waals surface area (Å²) >= 11 is 0. The van der Waals surface area contributed by atoms with Gasteiger partial charge in [-0.2, -0.15) is 0 Å². The lowest BCUT2D eigenvalue weighted by atomic mass is 9.88. The second-order valence-corrected chi connectivity index (χ2v) is 13.1. The standard InChI is InChI=1S/C38H49N5O5/c1-25(2)16-18-31(44)19-17-26(3)35(39)36(45)33(21-30-22-40-24-41-30)42-37(46)34(43-38(47)48-23-27-10-5-4-6-11-27)20-29-14-9-13-28-12-7-8-15-32(28)29/h4-15,22,24-26,31,33-35,44H,16-21,23,39H2,1-3H3,(H,40,41)(H,42,46)(H,43,47)/t26?,31?,33-,34-,35?/m0/s1. The Morgan fingerprint density at radius 3 is 2.29 bits per heavy atom. The molecule has 0 saturated heterocycles. The zero-order chi connectivity index (χ0) is 34.5. The third-order valence-electron chi connectivity index (χ3n) is 8.74. The maximum absolute atomic E-state index is 14.0. The van der Waals surface area contributed by atoms with Gasteiger partial charge in [0.1, 0.15) is 12.6 Å². The van der Waals surface area contributed by atoms with Crippen molar-refractivity contribution in [3.63, 3.8) is 0 Å². The van der Waals surface area contributed by atoms with Crippen LogP contribution >= 0.6 is 0 Å². The molecule has 2 amide bonds. The number of aromatic amines is 1. The molecule has 0 fully saturated rings. The van der Waals surface area contributed by atoms with Gasteiger partial charge in [-0.15, -0.1) is 0 Å². The zero-order valence-corrected chi connectivity index (χ0v) is 28.1. The lowest BCUT2D eigenvalue weighted by molar-refractivity contribution is -0.130. The third-order valence-corrected chi connectivity index (χ3v) is 8.74. The third kappa shape index (κ3) is 11.0. The molecule has 3 unspecified atom stereocenters. The van der Waals surface area contributed by atoms with Crippen LogP contribution < -0.4 is 16.4 Å². The number of imidazole rings is 1. The highest BCUT2D eigenvalue weighted by Gasteiger charge is 2.33. The Balaban J connectivity index is 1.51. The van der Waals surface area contributed by atoms with Gasteiger partial charge < -0.3 is 31.2 Å². The summed E-state index contributed by atoms with van der Waals surface area (Å²) in [5.41, 5.74) is 8.83. The molecular weight excluding hydrogens is 606 g/mol. The number of carbonyl (C=O) groups is 3. The quantitative estimate of drug-likeness (QED) is 0.0981. The number of carbonyl (C=O) groups excluding carboxylic acids is 3. The Labute approximate surface area is 282 Å². The number of ether oxygens (including phenoxy) is 1. The minimum Gasteiger partial charge on any atom is -0.445 e. The van der Waals surface area contributed by atoms with Crippen molar-refractivity contribution in [1.82, 2.24) is 20.6 Å². The summed E-state index contributed by atoms with van der Waals surface area (Å²) in [6.07, 6.45) is 4.92. The highest BCUT2D eigenvalue weighted by molar-refractivity contribution is 5.95. The maximum atomic E-state index is 14.0. The maximum Gasteiger partial charge on any atom is 0.408 e. The average molecular weight is 656 g/mol. The number of hydrogen-bond acceptors (Lipinski definition) is 7. The number of aliphatic hydroxyl groups excluding tert-OH is 1. The van der Waals surface area contributed by atoms with Crippen LogP contribution in [0.3, 0.4) is 0 Å². The first-order valence-corrected chi connectivity index (χ1v) is 16.8. The first kappa shape index (κ1) is 36.3. The number of Topliss-reactive ketones (excluding diaryl/α,β-unsaturated/α-hetero) is 1. The van der Waals surface area contributed by atoms with Crippen molar-refractivity contribution in [2.24, 2.45) is 17.6 Å². The number of nitrogens with one attached hydrogen (secondary N) is 3. The van der Waals surface area contributed by atoms with E-state index in [1.54, 1.807) is 6.20 Å². The predicted octanol–water partition coefficient (Wildman–Crippen LogP) is 5.24. The Morgan fingerprint density at radius 1 is 0.854 bits per heavy atom. The number of aromatic nitrogens is 2. The van der Waals surface area contributed by atoms with Crippen LogP contribution in [0.15, 0.2) is 85.3 Å². The van der Waals surface area contributed by atoms with E-state index < -0.39 is 36.2 Å². The molecule has 10 nitrogen and oxygen atoms in total. The van der Waals surface area contributed by atoms with Crippen LogP contribution in [-0.2, 0) is 33.8 Å². The fraction of sp³-hybridized carbons (Fsp3) is 0.421. The van der Waals surface area contributed by atoms with Crippen molar-refractivity contribution in [2.75, 3.05) is 0 Å². The number of H-pyrrole nitrogens is 1. The van der Waals surface area contributed by atoms with Gasteiger partial charge in [0, 0.05) is 24.7 Å². The molecule has 4 aromatic rings. The van der Waals surface area contributed by atoms with Gasteiger partial charge >= 0.3 is 6.09 Å². The van der Waals surface area contributed by atoms with Crippen LogP contribution in [0.25, 0.3) is 10.8 Å². The van der Waals surface area contributed by atoms with Gasteiger partial charge in [0.25, 0.3) is 0 Å². The summed E-state index contributed by atoms with van der Waals surface area (Å²) < 4.78 is 5.47. The Kier molecular flexibility index (Phi) is 13.7. The first-order valence-electron chi connectivity index (χ1n) is 16.8. The molecule has 1 heterocycles. The van der Waals surface area contributed by atoms with Crippen LogP contribution in [-0.4, -0.2) is 57.1 Å². The molecule has 4 rings (SSSR count). The van der Waals surface area contributed by atoms with E-state index in [9.17, 15) is 19.5 Å². The van der Waals surface area contributed by atoms with E-state index in [0.29, 0.717) is 30.9 Å². The molecule has 0 aliphatic carbocycles. The van der Waals surface area contributed by atoms with Crippen molar-refractivity contribution in [2.45, 2.75) is 90.1 Å². The smallest absolute Gasteiger partial charge is 0.408 e.